The highest BCUT2D eigenvalue weighted by Crippen LogP contribution is 2.02. The standard InChI is InChI=1S/C14H28N2O3/c1-4-5-6-9-12(2)16-14(18)15-11-8-7-10-13(17)19-3/h12H,4-11H2,1-3H3,(H2,15,16,18). The minimum atomic E-state index is -0.200. The number of rotatable bonds is 10. The molecule has 0 aliphatic carbocycles. The third-order valence-electron chi connectivity index (χ3n) is 2.94. The van der Waals surface area contributed by atoms with Crippen LogP contribution in [-0.4, -0.2) is 31.7 Å². The number of unbranched alkanes of at least 4 members (excludes halogenated alkanes) is 3. The lowest BCUT2D eigenvalue weighted by Gasteiger charge is -2.14. The minimum absolute atomic E-state index is 0.123. The molecule has 5 heteroatoms. The first-order valence-electron chi connectivity index (χ1n) is 7.21. The SMILES string of the molecule is CCCCCC(C)NC(=O)NCCCCC(=O)OC. The second-order valence-corrected chi connectivity index (χ2v) is 4.83. The average molecular weight is 272 g/mol. The number of urea groups is 1. The van der Waals surface area contributed by atoms with Crippen molar-refractivity contribution in [1.29, 1.82) is 0 Å². The molecule has 2 N–H and O–H groups in total. The first-order valence-corrected chi connectivity index (χ1v) is 7.21. The summed E-state index contributed by atoms with van der Waals surface area (Å²) < 4.78 is 4.54. The number of hydrogen-bond donors (Lipinski definition) is 2. The molecule has 0 spiro atoms. The van der Waals surface area contributed by atoms with Crippen LogP contribution in [0.25, 0.3) is 0 Å². The number of ether oxygens (including phenoxy) is 1. The molecule has 0 aliphatic heterocycles. The number of amides is 2. The Morgan fingerprint density at radius 3 is 2.53 bits per heavy atom. The van der Waals surface area contributed by atoms with Crippen molar-refractivity contribution in [3.63, 3.8) is 0 Å². The van der Waals surface area contributed by atoms with E-state index in [4.69, 9.17) is 0 Å². The van der Waals surface area contributed by atoms with Crippen molar-refractivity contribution in [2.45, 2.75) is 64.8 Å². The Bertz CT molecular complexity index is 257. The number of esters is 1. The molecule has 1 atom stereocenters. The van der Waals surface area contributed by atoms with Gasteiger partial charge in [0.1, 0.15) is 0 Å². The monoisotopic (exact) mass is 272 g/mol. The number of nitrogens with one attached hydrogen (secondary N) is 2. The maximum absolute atomic E-state index is 11.5. The Morgan fingerprint density at radius 1 is 1.16 bits per heavy atom. The number of carbonyl (C=O) groups is 2. The summed E-state index contributed by atoms with van der Waals surface area (Å²) in [6.07, 6.45) is 6.50. The largest absolute Gasteiger partial charge is 0.469 e. The van der Waals surface area contributed by atoms with Crippen LogP contribution >= 0.6 is 0 Å². The Hall–Kier alpha value is -1.26. The van der Waals surface area contributed by atoms with Gasteiger partial charge in [-0.05, 0) is 26.2 Å². The van der Waals surface area contributed by atoms with Crippen LogP contribution in [0, 0.1) is 0 Å². The van der Waals surface area contributed by atoms with Crippen LogP contribution in [-0.2, 0) is 9.53 Å². The summed E-state index contributed by atoms with van der Waals surface area (Å²) in [5, 5.41) is 5.70. The van der Waals surface area contributed by atoms with E-state index in [0.717, 1.165) is 25.7 Å². The van der Waals surface area contributed by atoms with Gasteiger partial charge < -0.3 is 15.4 Å². The molecule has 5 nitrogen and oxygen atoms in total. The smallest absolute Gasteiger partial charge is 0.314 e. The van der Waals surface area contributed by atoms with Gasteiger partial charge >= 0.3 is 12.0 Å². The van der Waals surface area contributed by atoms with Crippen LogP contribution in [0.2, 0.25) is 0 Å². The molecule has 0 saturated heterocycles. The van der Waals surface area contributed by atoms with Crippen molar-refractivity contribution >= 4 is 12.0 Å². The topological polar surface area (TPSA) is 67.4 Å². The van der Waals surface area contributed by atoms with E-state index in [1.165, 1.54) is 20.0 Å². The molecule has 0 bridgehead atoms. The first-order chi connectivity index (χ1) is 9.10. The van der Waals surface area contributed by atoms with E-state index in [1.54, 1.807) is 0 Å². The minimum Gasteiger partial charge on any atom is -0.469 e. The summed E-state index contributed by atoms with van der Waals surface area (Å²) >= 11 is 0. The molecule has 0 aromatic rings. The Labute approximate surface area is 116 Å². The fraction of sp³-hybridized carbons (Fsp3) is 0.857. The van der Waals surface area contributed by atoms with E-state index in [0.29, 0.717) is 13.0 Å². The highest BCUT2D eigenvalue weighted by molar-refractivity contribution is 5.74. The zero-order chi connectivity index (χ0) is 14.5. The van der Waals surface area contributed by atoms with Gasteiger partial charge in [-0.15, -0.1) is 0 Å². The van der Waals surface area contributed by atoms with Crippen LogP contribution < -0.4 is 10.6 Å². The van der Waals surface area contributed by atoms with E-state index < -0.39 is 0 Å². The zero-order valence-electron chi connectivity index (χ0n) is 12.5. The third kappa shape index (κ3) is 11.6. The molecular weight excluding hydrogens is 244 g/mol. The molecule has 0 heterocycles. The van der Waals surface area contributed by atoms with Gasteiger partial charge in [0.2, 0.25) is 0 Å². The average Bonchev–Trinajstić information content (AvgIpc) is 2.38. The van der Waals surface area contributed by atoms with Crippen molar-refractivity contribution < 1.29 is 14.3 Å². The fourth-order valence-corrected chi connectivity index (χ4v) is 1.75. The highest BCUT2D eigenvalue weighted by Gasteiger charge is 2.06. The molecule has 19 heavy (non-hydrogen) atoms. The molecule has 2 amide bonds. The van der Waals surface area contributed by atoms with Gasteiger partial charge in [-0.25, -0.2) is 4.79 Å². The van der Waals surface area contributed by atoms with Crippen molar-refractivity contribution in [2.24, 2.45) is 0 Å². The molecular formula is C14H28N2O3. The lowest BCUT2D eigenvalue weighted by Crippen LogP contribution is -2.41. The van der Waals surface area contributed by atoms with E-state index in [1.807, 2.05) is 6.92 Å². The summed E-state index contributed by atoms with van der Waals surface area (Å²) in [6, 6.07) is 0.0867. The Morgan fingerprint density at radius 2 is 1.89 bits per heavy atom. The molecule has 0 fully saturated rings. The summed E-state index contributed by atoms with van der Waals surface area (Å²) in [7, 11) is 1.38. The second-order valence-electron chi connectivity index (χ2n) is 4.83. The maximum atomic E-state index is 11.5. The van der Waals surface area contributed by atoms with Crippen LogP contribution in [0.5, 0.6) is 0 Å². The van der Waals surface area contributed by atoms with Gasteiger partial charge in [0.15, 0.2) is 0 Å². The van der Waals surface area contributed by atoms with Crippen molar-refractivity contribution in [3.05, 3.63) is 0 Å². The quantitative estimate of drug-likeness (QED) is 0.474. The van der Waals surface area contributed by atoms with Gasteiger partial charge in [0, 0.05) is 19.0 Å². The first kappa shape index (κ1) is 17.7. The van der Waals surface area contributed by atoms with Gasteiger partial charge in [-0.2, -0.15) is 0 Å². The number of hydrogen-bond acceptors (Lipinski definition) is 3. The van der Waals surface area contributed by atoms with E-state index >= 15 is 0 Å². The van der Waals surface area contributed by atoms with Crippen LogP contribution in [0.15, 0.2) is 0 Å². The zero-order valence-corrected chi connectivity index (χ0v) is 12.5. The summed E-state index contributed by atoms with van der Waals surface area (Å²) in [5.74, 6) is -0.200. The van der Waals surface area contributed by atoms with Gasteiger partial charge in [0.05, 0.1) is 7.11 Å². The van der Waals surface area contributed by atoms with Crippen LogP contribution in [0.1, 0.15) is 58.8 Å². The van der Waals surface area contributed by atoms with E-state index in [9.17, 15) is 9.59 Å². The molecule has 0 aromatic carbocycles. The molecule has 0 radical (unpaired) electrons. The van der Waals surface area contributed by atoms with Crippen molar-refractivity contribution in [3.8, 4) is 0 Å². The Balaban J connectivity index is 3.45. The molecule has 0 rings (SSSR count). The third-order valence-corrected chi connectivity index (χ3v) is 2.94. The number of carbonyl (C=O) groups excluding carboxylic acids is 2. The highest BCUT2D eigenvalue weighted by atomic mass is 16.5. The summed E-state index contributed by atoms with van der Waals surface area (Å²) in [4.78, 5) is 22.4. The predicted molar refractivity (Wildman–Crippen MR) is 76.0 cm³/mol. The summed E-state index contributed by atoms with van der Waals surface area (Å²) in [6.45, 7) is 4.77. The van der Waals surface area contributed by atoms with E-state index in [-0.39, 0.29) is 18.0 Å². The molecule has 112 valence electrons. The van der Waals surface area contributed by atoms with Crippen molar-refractivity contribution in [2.75, 3.05) is 13.7 Å². The Kier molecular flexibility index (Phi) is 11.0. The summed E-state index contributed by atoms with van der Waals surface area (Å²) in [5.41, 5.74) is 0. The fourth-order valence-electron chi connectivity index (χ4n) is 1.75. The van der Waals surface area contributed by atoms with E-state index in [2.05, 4.69) is 22.3 Å². The van der Waals surface area contributed by atoms with Crippen molar-refractivity contribution in [1.82, 2.24) is 10.6 Å². The lowest BCUT2D eigenvalue weighted by molar-refractivity contribution is -0.140. The van der Waals surface area contributed by atoms with Crippen LogP contribution in [0.4, 0.5) is 4.79 Å². The van der Waals surface area contributed by atoms with Crippen LogP contribution in [0.3, 0.4) is 0 Å². The lowest BCUT2D eigenvalue weighted by atomic mass is 10.1. The predicted octanol–water partition coefficient (Wildman–Crippen LogP) is 2.60. The van der Waals surface area contributed by atoms with Gasteiger partial charge in [-0.1, -0.05) is 26.2 Å². The second kappa shape index (κ2) is 11.8. The normalized spacial score (nSPS) is 11.7. The van der Waals surface area contributed by atoms with Gasteiger partial charge in [0.25, 0.3) is 0 Å². The molecule has 0 aromatic heterocycles. The molecule has 0 saturated carbocycles. The molecule has 0 aliphatic rings. The molecule has 1 unspecified atom stereocenters. The maximum Gasteiger partial charge on any atom is 0.314 e. The van der Waals surface area contributed by atoms with Gasteiger partial charge in [-0.3, -0.25) is 4.79 Å². The number of methoxy groups -OCH3 is 1.